The van der Waals surface area contributed by atoms with Crippen molar-refractivity contribution in [2.45, 2.75) is 6.54 Å². The van der Waals surface area contributed by atoms with Crippen molar-refractivity contribution in [3.05, 3.63) is 30.5 Å². The molecule has 0 spiro atoms. The van der Waals surface area contributed by atoms with E-state index in [2.05, 4.69) is 27.0 Å². The van der Waals surface area contributed by atoms with Crippen molar-refractivity contribution in [2.75, 3.05) is 44.7 Å². The van der Waals surface area contributed by atoms with Crippen LogP contribution in [0.15, 0.2) is 30.5 Å². The van der Waals surface area contributed by atoms with Crippen molar-refractivity contribution in [1.82, 2.24) is 9.47 Å². The minimum Gasteiger partial charge on any atom is -0.379 e. The van der Waals surface area contributed by atoms with E-state index in [0.29, 0.717) is 0 Å². The molecule has 0 bridgehead atoms. The number of amides is 1. The van der Waals surface area contributed by atoms with Gasteiger partial charge in [-0.15, -0.1) is 24.8 Å². The molecule has 3 N–H and O–H groups in total. The summed E-state index contributed by atoms with van der Waals surface area (Å²) in [6.45, 7) is 5.66. The van der Waals surface area contributed by atoms with Crippen LogP contribution in [0, 0.1) is 0 Å². The number of rotatable bonds is 5. The van der Waals surface area contributed by atoms with Crippen molar-refractivity contribution in [2.24, 2.45) is 5.73 Å². The van der Waals surface area contributed by atoms with Crippen LogP contribution in [0.2, 0.25) is 0 Å². The molecule has 1 aliphatic heterocycles. The fraction of sp³-hybridized carbons (Fsp3) is 0.438. The number of benzene rings is 1. The number of anilines is 1. The summed E-state index contributed by atoms with van der Waals surface area (Å²) in [6.07, 6.45) is 2.10. The van der Waals surface area contributed by atoms with E-state index < -0.39 is 0 Å². The average molecular weight is 375 g/mol. The molecule has 8 heteroatoms. The van der Waals surface area contributed by atoms with Crippen LogP contribution in [0.4, 0.5) is 5.69 Å². The van der Waals surface area contributed by atoms with E-state index in [-0.39, 0.29) is 37.3 Å². The van der Waals surface area contributed by atoms with Crippen LogP contribution < -0.4 is 11.1 Å². The molecule has 1 saturated heterocycles. The molecule has 2 heterocycles. The molecule has 2 aromatic rings. The van der Waals surface area contributed by atoms with E-state index in [0.717, 1.165) is 50.5 Å². The number of nitrogens with one attached hydrogen (secondary N) is 1. The van der Waals surface area contributed by atoms with Crippen LogP contribution in [0.3, 0.4) is 0 Å². The average Bonchev–Trinajstić information content (AvgIpc) is 2.96. The Kier molecular flexibility index (Phi) is 8.52. The first-order valence-corrected chi connectivity index (χ1v) is 7.65. The zero-order chi connectivity index (χ0) is 15.4. The van der Waals surface area contributed by atoms with E-state index in [1.165, 1.54) is 5.52 Å². The molecule has 1 fully saturated rings. The fourth-order valence-electron chi connectivity index (χ4n) is 2.76. The summed E-state index contributed by atoms with van der Waals surface area (Å²) >= 11 is 0. The molecule has 0 aliphatic carbocycles. The number of nitrogens with two attached hydrogens (primary N) is 1. The molecular formula is C16H24Cl2N4O2. The van der Waals surface area contributed by atoms with Crippen molar-refractivity contribution >= 4 is 47.3 Å². The van der Waals surface area contributed by atoms with Gasteiger partial charge in [-0.1, -0.05) is 0 Å². The number of carbonyl (C=O) groups is 1. The SMILES string of the molecule is Cl.Cl.NCC(=O)Nc1ccc2c(ccn2CCN2CCOCC2)c1. The predicted molar refractivity (Wildman–Crippen MR) is 101 cm³/mol. The summed E-state index contributed by atoms with van der Waals surface area (Å²) in [5, 5.41) is 3.90. The summed E-state index contributed by atoms with van der Waals surface area (Å²) < 4.78 is 7.62. The predicted octanol–water partition coefficient (Wildman–Crippen LogP) is 1.71. The Morgan fingerprint density at radius 2 is 1.92 bits per heavy atom. The molecule has 134 valence electrons. The lowest BCUT2D eigenvalue weighted by molar-refractivity contribution is -0.114. The number of hydrogen-bond acceptors (Lipinski definition) is 4. The van der Waals surface area contributed by atoms with Gasteiger partial charge in [0.15, 0.2) is 0 Å². The number of nitrogens with zero attached hydrogens (tertiary/aromatic N) is 2. The van der Waals surface area contributed by atoms with Crippen LogP contribution in [-0.2, 0) is 16.1 Å². The second-order valence-corrected chi connectivity index (χ2v) is 5.49. The highest BCUT2D eigenvalue weighted by Crippen LogP contribution is 2.20. The van der Waals surface area contributed by atoms with Gasteiger partial charge in [-0.2, -0.15) is 0 Å². The van der Waals surface area contributed by atoms with Gasteiger partial charge < -0.3 is 20.4 Å². The molecule has 24 heavy (non-hydrogen) atoms. The molecule has 0 atom stereocenters. The van der Waals surface area contributed by atoms with Gasteiger partial charge in [0.2, 0.25) is 5.91 Å². The van der Waals surface area contributed by atoms with Gasteiger partial charge >= 0.3 is 0 Å². The number of morpholine rings is 1. The molecule has 1 aromatic carbocycles. The number of ether oxygens (including phenoxy) is 1. The Bertz CT molecular complexity index is 657. The Hall–Kier alpha value is -1.31. The molecule has 3 rings (SSSR count). The summed E-state index contributed by atoms with van der Waals surface area (Å²) in [5.74, 6) is -0.175. The second kappa shape index (κ2) is 9.86. The van der Waals surface area contributed by atoms with Crippen LogP contribution >= 0.6 is 24.8 Å². The fourth-order valence-corrected chi connectivity index (χ4v) is 2.76. The second-order valence-electron chi connectivity index (χ2n) is 5.49. The zero-order valence-corrected chi connectivity index (χ0v) is 15.1. The number of halogens is 2. The molecule has 6 nitrogen and oxygen atoms in total. The zero-order valence-electron chi connectivity index (χ0n) is 13.4. The third kappa shape index (κ3) is 5.09. The lowest BCUT2D eigenvalue weighted by atomic mass is 10.2. The number of fused-ring (bicyclic) bond motifs is 1. The smallest absolute Gasteiger partial charge is 0.238 e. The van der Waals surface area contributed by atoms with Gasteiger partial charge in [0.1, 0.15) is 0 Å². The van der Waals surface area contributed by atoms with Gasteiger partial charge in [-0.05, 0) is 24.3 Å². The van der Waals surface area contributed by atoms with Crippen molar-refractivity contribution in [1.29, 1.82) is 0 Å². The van der Waals surface area contributed by atoms with Gasteiger partial charge in [0.25, 0.3) is 0 Å². The largest absolute Gasteiger partial charge is 0.379 e. The van der Waals surface area contributed by atoms with E-state index in [1.807, 2.05) is 18.2 Å². The van der Waals surface area contributed by atoms with Gasteiger partial charge in [0, 0.05) is 49.0 Å². The van der Waals surface area contributed by atoms with Crippen molar-refractivity contribution in [3.8, 4) is 0 Å². The van der Waals surface area contributed by atoms with Gasteiger partial charge in [-0.3, -0.25) is 9.69 Å². The van der Waals surface area contributed by atoms with Crippen molar-refractivity contribution < 1.29 is 9.53 Å². The first kappa shape index (κ1) is 20.7. The summed E-state index contributed by atoms with van der Waals surface area (Å²) in [4.78, 5) is 13.8. The highest BCUT2D eigenvalue weighted by molar-refractivity contribution is 5.94. The van der Waals surface area contributed by atoms with E-state index in [4.69, 9.17) is 10.5 Å². The molecular weight excluding hydrogens is 351 g/mol. The van der Waals surface area contributed by atoms with E-state index in [9.17, 15) is 4.79 Å². The van der Waals surface area contributed by atoms with Crippen molar-refractivity contribution in [3.63, 3.8) is 0 Å². The maximum Gasteiger partial charge on any atom is 0.238 e. The Morgan fingerprint density at radius 1 is 1.17 bits per heavy atom. The first-order chi connectivity index (χ1) is 10.8. The molecule has 1 aliphatic rings. The molecule has 0 saturated carbocycles. The van der Waals surface area contributed by atoms with Crippen LogP contribution in [0.25, 0.3) is 10.9 Å². The minimum absolute atomic E-state index is 0. The molecule has 1 amide bonds. The number of aromatic nitrogens is 1. The minimum atomic E-state index is -0.175. The topological polar surface area (TPSA) is 72.5 Å². The van der Waals surface area contributed by atoms with Gasteiger partial charge in [0.05, 0.1) is 19.8 Å². The van der Waals surface area contributed by atoms with E-state index in [1.54, 1.807) is 0 Å². The number of hydrogen-bond donors (Lipinski definition) is 2. The summed E-state index contributed by atoms with van der Waals surface area (Å²) in [6, 6.07) is 8.02. The standard InChI is InChI=1S/C16H22N4O2.2ClH/c17-12-16(21)18-14-1-2-15-13(11-14)3-4-20(15)6-5-19-7-9-22-10-8-19;;/h1-4,11H,5-10,12,17H2,(H,18,21);2*1H. The Labute approximate surface area is 154 Å². The third-order valence-corrected chi connectivity index (χ3v) is 4.00. The Balaban J connectivity index is 0.00000144. The lowest BCUT2D eigenvalue weighted by Gasteiger charge is -2.26. The molecule has 0 unspecified atom stereocenters. The maximum atomic E-state index is 11.3. The normalized spacial score (nSPS) is 14.7. The summed E-state index contributed by atoms with van der Waals surface area (Å²) in [7, 11) is 0. The van der Waals surface area contributed by atoms with Crippen LogP contribution in [0.1, 0.15) is 0 Å². The quantitative estimate of drug-likeness (QED) is 0.835. The summed E-state index contributed by atoms with van der Waals surface area (Å²) in [5.41, 5.74) is 7.28. The maximum absolute atomic E-state index is 11.3. The van der Waals surface area contributed by atoms with Gasteiger partial charge in [-0.25, -0.2) is 0 Å². The highest BCUT2D eigenvalue weighted by atomic mass is 35.5. The Morgan fingerprint density at radius 3 is 2.62 bits per heavy atom. The number of carbonyl (C=O) groups excluding carboxylic acids is 1. The molecule has 0 radical (unpaired) electrons. The molecule has 1 aromatic heterocycles. The lowest BCUT2D eigenvalue weighted by Crippen LogP contribution is -2.38. The third-order valence-electron chi connectivity index (χ3n) is 4.00. The van der Waals surface area contributed by atoms with Crippen LogP contribution in [0.5, 0.6) is 0 Å². The van der Waals surface area contributed by atoms with E-state index >= 15 is 0 Å². The van der Waals surface area contributed by atoms with Crippen LogP contribution in [-0.4, -0.2) is 54.8 Å². The monoisotopic (exact) mass is 374 g/mol. The first-order valence-electron chi connectivity index (χ1n) is 7.65. The highest BCUT2D eigenvalue weighted by Gasteiger charge is 2.10.